The molecule has 0 radical (unpaired) electrons. The fraction of sp³-hybridized carbons (Fsp3) is 0.941. The van der Waals surface area contributed by atoms with Gasteiger partial charge in [-0.05, 0) is 65.5 Å². The summed E-state index contributed by atoms with van der Waals surface area (Å²) in [6.45, 7) is 8.89. The van der Waals surface area contributed by atoms with Gasteiger partial charge in [0.2, 0.25) is 0 Å². The van der Waals surface area contributed by atoms with Crippen LogP contribution in [0.15, 0.2) is 0 Å². The molecular weight excluding hydrogens is 264 g/mol. The number of rotatable bonds is 8. The van der Waals surface area contributed by atoms with Crippen LogP contribution >= 0.6 is 0 Å². The number of nitrogens with one attached hydrogen (secondary N) is 1. The van der Waals surface area contributed by atoms with Gasteiger partial charge in [0.1, 0.15) is 5.54 Å². The standard InChI is InChI=1S/C17H34N2O2/c1-6-14-8-10-15(11-9-14)19(5)13(3)12-17(4,16(20)21)18-7-2/h13-15,18H,6-12H2,1-5H3,(H,20,21). The van der Waals surface area contributed by atoms with Crippen LogP contribution in [0.3, 0.4) is 0 Å². The maximum atomic E-state index is 11.5. The minimum atomic E-state index is -0.830. The Labute approximate surface area is 130 Å². The second-order valence-corrected chi connectivity index (χ2v) is 6.97. The summed E-state index contributed by atoms with van der Waals surface area (Å²) in [7, 11) is 2.16. The van der Waals surface area contributed by atoms with Gasteiger partial charge in [-0.1, -0.05) is 20.3 Å². The van der Waals surface area contributed by atoms with Gasteiger partial charge in [-0.2, -0.15) is 0 Å². The van der Waals surface area contributed by atoms with E-state index in [1.165, 1.54) is 32.1 Å². The highest BCUT2D eigenvalue weighted by Crippen LogP contribution is 2.30. The molecule has 2 atom stereocenters. The lowest BCUT2D eigenvalue weighted by atomic mass is 9.83. The molecule has 2 N–H and O–H groups in total. The van der Waals surface area contributed by atoms with Gasteiger partial charge in [-0.3, -0.25) is 4.79 Å². The smallest absolute Gasteiger partial charge is 0.323 e. The minimum absolute atomic E-state index is 0.272. The zero-order chi connectivity index (χ0) is 16.0. The van der Waals surface area contributed by atoms with Crippen molar-refractivity contribution in [1.29, 1.82) is 0 Å². The van der Waals surface area contributed by atoms with E-state index in [4.69, 9.17) is 0 Å². The molecule has 0 spiro atoms. The maximum absolute atomic E-state index is 11.5. The van der Waals surface area contributed by atoms with Crippen LogP contribution in [0.2, 0.25) is 0 Å². The van der Waals surface area contributed by atoms with Crippen molar-refractivity contribution in [2.24, 2.45) is 5.92 Å². The maximum Gasteiger partial charge on any atom is 0.323 e. The molecule has 0 aromatic heterocycles. The first kappa shape index (κ1) is 18.4. The van der Waals surface area contributed by atoms with E-state index in [-0.39, 0.29) is 6.04 Å². The average Bonchev–Trinajstić information content (AvgIpc) is 2.46. The number of aliphatic carboxylic acids is 1. The monoisotopic (exact) mass is 298 g/mol. The zero-order valence-corrected chi connectivity index (χ0v) is 14.5. The normalized spacial score (nSPS) is 27.3. The predicted octanol–water partition coefficient (Wildman–Crippen LogP) is 3.12. The highest BCUT2D eigenvalue weighted by atomic mass is 16.4. The highest BCUT2D eigenvalue weighted by molar-refractivity contribution is 5.78. The Balaban J connectivity index is 2.57. The van der Waals surface area contributed by atoms with Crippen molar-refractivity contribution in [3.8, 4) is 0 Å². The van der Waals surface area contributed by atoms with Gasteiger partial charge in [0.25, 0.3) is 0 Å². The Morgan fingerprint density at radius 3 is 2.33 bits per heavy atom. The van der Waals surface area contributed by atoms with Crippen molar-refractivity contribution in [2.45, 2.75) is 83.8 Å². The van der Waals surface area contributed by atoms with E-state index < -0.39 is 11.5 Å². The first-order chi connectivity index (χ1) is 9.84. The summed E-state index contributed by atoms with van der Waals surface area (Å²) >= 11 is 0. The van der Waals surface area contributed by atoms with Crippen LogP contribution < -0.4 is 5.32 Å². The number of carbonyl (C=O) groups is 1. The van der Waals surface area contributed by atoms with E-state index >= 15 is 0 Å². The molecule has 4 nitrogen and oxygen atoms in total. The van der Waals surface area contributed by atoms with Crippen LogP contribution in [0.1, 0.15) is 66.2 Å². The predicted molar refractivity (Wildman–Crippen MR) is 87.6 cm³/mol. The highest BCUT2D eigenvalue weighted by Gasteiger charge is 2.36. The van der Waals surface area contributed by atoms with E-state index in [0.717, 1.165) is 5.92 Å². The van der Waals surface area contributed by atoms with E-state index in [0.29, 0.717) is 19.0 Å². The van der Waals surface area contributed by atoms with Gasteiger partial charge in [0, 0.05) is 12.1 Å². The van der Waals surface area contributed by atoms with Gasteiger partial charge in [-0.25, -0.2) is 0 Å². The molecule has 4 heteroatoms. The lowest BCUT2D eigenvalue weighted by Gasteiger charge is -2.40. The second kappa shape index (κ2) is 8.14. The van der Waals surface area contributed by atoms with Crippen molar-refractivity contribution in [3.05, 3.63) is 0 Å². The summed E-state index contributed by atoms with van der Waals surface area (Å²) in [4.78, 5) is 14.0. The summed E-state index contributed by atoms with van der Waals surface area (Å²) in [6, 6.07) is 0.885. The van der Waals surface area contributed by atoms with Gasteiger partial charge in [-0.15, -0.1) is 0 Å². The summed E-state index contributed by atoms with van der Waals surface area (Å²) < 4.78 is 0. The molecule has 0 aliphatic heterocycles. The summed E-state index contributed by atoms with van der Waals surface area (Å²) in [6.07, 6.45) is 7.09. The van der Waals surface area contributed by atoms with Crippen molar-refractivity contribution in [2.75, 3.05) is 13.6 Å². The SMILES string of the molecule is CCNC(C)(CC(C)N(C)C1CCC(CC)CC1)C(=O)O. The Kier molecular flexibility index (Phi) is 7.14. The molecule has 0 saturated heterocycles. The average molecular weight is 298 g/mol. The quantitative estimate of drug-likeness (QED) is 0.723. The molecule has 2 unspecified atom stereocenters. The molecule has 0 heterocycles. The van der Waals surface area contributed by atoms with Crippen LogP contribution in [0.25, 0.3) is 0 Å². The van der Waals surface area contributed by atoms with Gasteiger partial charge in [0.05, 0.1) is 0 Å². The third-order valence-electron chi connectivity index (χ3n) is 5.41. The first-order valence-electron chi connectivity index (χ1n) is 8.54. The van der Waals surface area contributed by atoms with Crippen LogP contribution in [0, 0.1) is 5.92 Å². The molecule has 1 fully saturated rings. The van der Waals surface area contributed by atoms with Gasteiger partial charge < -0.3 is 15.3 Å². The van der Waals surface area contributed by atoms with Crippen LogP contribution in [-0.4, -0.2) is 47.2 Å². The Morgan fingerprint density at radius 2 is 1.90 bits per heavy atom. The van der Waals surface area contributed by atoms with E-state index in [2.05, 4.69) is 31.1 Å². The molecule has 0 amide bonds. The van der Waals surface area contributed by atoms with Crippen LogP contribution in [0.4, 0.5) is 0 Å². The summed E-state index contributed by atoms with van der Waals surface area (Å²) in [5, 5.41) is 12.6. The third-order valence-corrected chi connectivity index (χ3v) is 5.41. The molecular formula is C17H34N2O2. The van der Waals surface area contributed by atoms with Crippen molar-refractivity contribution in [3.63, 3.8) is 0 Å². The zero-order valence-electron chi connectivity index (χ0n) is 14.5. The summed E-state index contributed by atoms with van der Waals surface area (Å²) in [5.74, 6) is 0.148. The Morgan fingerprint density at radius 1 is 1.33 bits per heavy atom. The fourth-order valence-electron chi connectivity index (χ4n) is 3.68. The van der Waals surface area contributed by atoms with E-state index in [1.54, 1.807) is 6.92 Å². The van der Waals surface area contributed by atoms with E-state index in [9.17, 15) is 9.90 Å². The third kappa shape index (κ3) is 4.96. The van der Waals surface area contributed by atoms with Gasteiger partial charge >= 0.3 is 5.97 Å². The molecule has 0 bridgehead atoms. The second-order valence-electron chi connectivity index (χ2n) is 6.97. The molecule has 0 aromatic rings. The van der Waals surface area contributed by atoms with Crippen LogP contribution in [0.5, 0.6) is 0 Å². The lowest BCUT2D eigenvalue weighted by molar-refractivity contribution is -0.145. The number of hydrogen-bond donors (Lipinski definition) is 2. The fourth-order valence-corrected chi connectivity index (χ4v) is 3.68. The Bertz CT molecular complexity index is 327. The molecule has 124 valence electrons. The minimum Gasteiger partial charge on any atom is -0.480 e. The molecule has 1 aliphatic rings. The molecule has 1 saturated carbocycles. The van der Waals surface area contributed by atoms with Crippen molar-refractivity contribution < 1.29 is 9.90 Å². The molecule has 1 aliphatic carbocycles. The number of nitrogens with zero attached hydrogens (tertiary/aromatic N) is 1. The Hall–Kier alpha value is -0.610. The lowest BCUT2D eigenvalue weighted by Crippen LogP contribution is -2.54. The van der Waals surface area contributed by atoms with Crippen LogP contribution in [-0.2, 0) is 4.79 Å². The topological polar surface area (TPSA) is 52.6 Å². The molecule has 21 heavy (non-hydrogen) atoms. The number of likely N-dealkylation sites (N-methyl/N-ethyl adjacent to an activating group) is 1. The molecule has 0 aromatic carbocycles. The van der Waals surface area contributed by atoms with Crippen molar-refractivity contribution in [1.82, 2.24) is 10.2 Å². The summed E-state index contributed by atoms with van der Waals surface area (Å²) in [5.41, 5.74) is -0.830. The van der Waals surface area contributed by atoms with E-state index in [1.807, 2.05) is 6.92 Å². The number of hydrogen-bond acceptors (Lipinski definition) is 3. The first-order valence-corrected chi connectivity index (χ1v) is 8.54. The largest absolute Gasteiger partial charge is 0.480 e. The number of carboxylic acids is 1. The molecule has 1 rings (SSSR count). The number of carboxylic acid groups (broad SMARTS) is 1. The van der Waals surface area contributed by atoms with Gasteiger partial charge in [0.15, 0.2) is 0 Å². The van der Waals surface area contributed by atoms with Crippen molar-refractivity contribution >= 4 is 5.97 Å².